The lowest BCUT2D eigenvalue weighted by molar-refractivity contribution is -0.386. The van der Waals surface area contributed by atoms with Crippen LogP contribution >= 0.6 is 0 Å². The first-order valence-electron chi connectivity index (χ1n) is 5.63. The first-order chi connectivity index (χ1) is 8.49. The molecule has 0 radical (unpaired) electrons. The first kappa shape index (κ1) is 12.7. The minimum Gasteiger partial charge on any atom is -0.364 e. The number of piperidine rings is 1. The summed E-state index contributed by atoms with van der Waals surface area (Å²) in [5.41, 5.74) is 5.04. The van der Waals surface area contributed by atoms with Gasteiger partial charge in [0.15, 0.2) is 0 Å². The number of hydrogen-bond donors (Lipinski definition) is 1. The van der Waals surface area contributed by atoms with Crippen LogP contribution in [0.25, 0.3) is 0 Å². The maximum atomic E-state index is 13.5. The second-order valence-electron chi connectivity index (χ2n) is 4.36. The smallest absolute Gasteiger partial charge is 0.328 e. The fraction of sp³-hybridized carbons (Fsp3) is 0.455. The topological polar surface area (TPSA) is 72.4 Å². The van der Waals surface area contributed by atoms with Crippen molar-refractivity contribution in [3.63, 3.8) is 0 Å². The molecule has 2 rings (SSSR count). The van der Waals surface area contributed by atoms with E-state index in [0.29, 0.717) is 19.2 Å². The highest BCUT2D eigenvalue weighted by atomic mass is 19.1. The van der Waals surface area contributed by atoms with Gasteiger partial charge in [-0.1, -0.05) is 0 Å². The van der Waals surface area contributed by atoms with Gasteiger partial charge in [0.25, 0.3) is 0 Å². The van der Waals surface area contributed by atoms with Crippen molar-refractivity contribution in [3.8, 4) is 0 Å². The van der Waals surface area contributed by atoms with Gasteiger partial charge in [0.2, 0.25) is 5.82 Å². The van der Waals surface area contributed by atoms with Gasteiger partial charge in [0.1, 0.15) is 11.5 Å². The molecule has 0 unspecified atom stereocenters. The maximum Gasteiger partial charge on any atom is 0.328 e. The minimum atomic E-state index is -1.16. The van der Waals surface area contributed by atoms with Gasteiger partial charge in [0, 0.05) is 31.3 Å². The molecule has 7 heteroatoms. The number of anilines is 1. The second kappa shape index (κ2) is 4.85. The van der Waals surface area contributed by atoms with Crippen molar-refractivity contribution in [3.05, 3.63) is 33.9 Å². The number of nitro groups is 1. The molecule has 1 fully saturated rings. The SMILES string of the molecule is N[C@@H]1CCCN(c2cc(F)cc(F)c2[N+](=O)[O-])C1. The summed E-state index contributed by atoms with van der Waals surface area (Å²) in [6, 6.07) is 1.37. The molecule has 1 heterocycles. The van der Waals surface area contributed by atoms with Crippen LogP contribution in [0.5, 0.6) is 0 Å². The van der Waals surface area contributed by atoms with E-state index in [0.717, 1.165) is 18.9 Å². The van der Waals surface area contributed by atoms with E-state index in [1.165, 1.54) is 0 Å². The third-order valence-electron chi connectivity index (χ3n) is 2.99. The summed E-state index contributed by atoms with van der Waals surface area (Å²) in [5, 5.41) is 10.9. The van der Waals surface area contributed by atoms with E-state index in [-0.39, 0.29) is 11.7 Å². The molecule has 1 aliphatic heterocycles. The Morgan fingerprint density at radius 1 is 1.44 bits per heavy atom. The van der Waals surface area contributed by atoms with Crippen molar-refractivity contribution in [2.75, 3.05) is 18.0 Å². The molecule has 2 N–H and O–H groups in total. The summed E-state index contributed by atoms with van der Waals surface area (Å²) in [4.78, 5) is 11.6. The van der Waals surface area contributed by atoms with E-state index in [9.17, 15) is 18.9 Å². The quantitative estimate of drug-likeness (QED) is 0.647. The van der Waals surface area contributed by atoms with Crippen LogP contribution in [0.3, 0.4) is 0 Å². The summed E-state index contributed by atoms with van der Waals surface area (Å²) in [6.45, 7) is 0.876. The number of halogens is 2. The lowest BCUT2D eigenvalue weighted by Gasteiger charge is -2.32. The molecule has 1 saturated heterocycles. The summed E-state index contributed by atoms with van der Waals surface area (Å²) in [7, 11) is 0. The van der Waals surface area contributed by atoms with Crippen LogP contribution in [0.15, 0.2) is 12.1 Å². The molecule has 1 aromatic carbocycles. The zero-order valence-corrected chi connectivity index (χ0v) is 9.60. The predicted molar refractivity (Wildman–Crippen MR) is 62.4 cm³/mol. The minimum absolute atomic E-state index is 0.0346. The standard InChI is InChI=1S/C11H13F2N3O2/c12-7-4-9(13)11(16(17)18)10(5-7)15-3-1-2-8(14)6-15/h4-5,8H,1-3,6,14H2/t8-/m1/s1. The largest absolute Gasteiger partial charge is 0.364 e. The molecule has 1 aromatic rings. The average molecular weight is 257 g/mol. The van der Waals surface area contributed by atoms with Gasteiger partial charge in [-0.15, -0.1) is 0 Å². The normalized spacial score (nSPS) is 19.9. The van der Waals surface area contributed by atoms with Crippen LogP contribution in [0, 0.1) is 21.7 Å². The van der Waals surface area contributed by atoms with Crippen molar-refractivity contribution in [1.29, 1.82) is 0 Å². The third-order valence-corrected chi connectivity index (χ3v) is 2.99. The molecule has 0 aromatic heterocycles. The van der Waals surface area contributed by atoms with E-state index >= 15 is 0 Å². The van der Waals surface area contributed by atoms with Crippen molar-refractivity contribution in [2.24, 2.45) is 5.73 Å². The van der Waals surface area contributed by atoms with Gasteiger partial charge in [-0.05, 0) is 12.8 Å². The Hall–Kier alpha value is -1.76. The molecule has 1 atom stereocenters. The van der Waals surface area contributed by atoms with E-state index in [1.807, 2.05) is 0 Å². The van der Waals surface area contributed by atoms with Gasteiger partial charge < -0.3 is 10.6 Å². The van der Waals surface area contributed by atoms with Gasteiger partial charge in [0.05, 0.1) is 4.92 Å². The fourth-order valence-electron chi connectivity index (χ4n) is 2.20. The van der Waals surface area contributed by atoms with Crippen molar-refractivity contribution in [1.82, 2.24) is 0 Å². The molecule has 0 spiro atoms. The molecule has 98 valence electrons. The van der Waals surface area contributed by atoms with Crippen LogP contribution in [0.2, 0.25) is 0 Å². The van der Waals surface area contributed by atoms with E-state index < -0.39 is 22.2 Å². The number of nitrogens with zero attached hydrogens (tertiary/aromatic N) is 2. The Bertz CT molecular complexity index is 482. The highest BCUT2D eigenvalue weighted by molar-refractivity contribution is 5.64. The first-order valence-corrected chi connectivity index (χ1v) is 5.63. The average Bonchev–Trinajstić information content (AvgIpc) is 2.27. The number of nitrogens with two attached hydrogens (primary N) is 1. The van der Waals surface area contributed by atoms with Crippen LogP contribution in [0.1, 0.15) is 12.8 Å². The summed E-state index contributed by atoms with van der Waals surface area (Å²) in [5.74, 6) is -1.98. The van der Waals surface area contributed by atoms with Crippen LogP contribution in [-0.4, -0.2) is 24.1 Å². The van der Waals surface area contributed by atoms with E-state index in [2.05, 4.69) is 0 Å². The van der Waals surface area contributed by atoms with Gasteiger partial charge in [-0.25, -0.2) is 4.39 Å². The Morgan fingerprint density at radius 2 is 2.17 bits per heavy atom. The number of hydrogen-bond acceptors (Lipinski definition) is 4. The molecule has 18 heavy (non-hydrogen) atoms. The Labute approximate surface area is 102 Å². The number of rotatable bonds is 2. The Balaban J connectivity index is 2.44. The molecule has 1 aliphatic rings. The summed E-state index contributed by atoms with van der Waals surface area (Å²) in [6.07, 6.45) is 1.55. The number of nitro benzene ring substituents is 1. The zero-order valence-electron chi connectivity index (χ0n) is 9.60. The molecule has 0 amide bonds. The highest BCUT2D eigenvalue weighted by Gasteiger charge is 2.28. The van der Waals surface area contributed by atoms with Crippen LogP contribution < -0.4 is 10.6 Å². The molecule has 0 aliphatic carbocycles. The highest BCUT2D eigenvalue weighted by Crippen LogP contribution is 2.33. The number of benzene rings is 1. The lowest BCUT2D eigenvalue weighted by Crippen LogP contribution is -2.43. The van der Waals surface area contributed by atoms with E-state index in [4.69, 9.17) is 5.73 Å². The van der Waals surface area contributed by atoms with E-state index in [1.54, 1.807) is 4.90 Å². The van der Waals surface area contributed by atoms with Crippen molar-refractivity contribution in [2.45, 2.75) is 18.9 Å². The summed E-state index contributed by atoms with van der Waals surface area (Å²) < 4.78 is 26.7. The summed E-state index contributed by atoms with van der Waals surface area (Å²) >= 11 is 0. The lowest BCUT2D eigenvalue weighted by atomic mass is 10.1. The Kier molecular flexibility index (Phi) is 3.42. The molecular formula is C11H13F2N3O2. The second-order valence-corrected chi connectivity index (χ2v) is 4.36. The third kappa shape index (κ3) is 2.40. The monoisotopic (exact) mass is 257 g/mol. The fourth-order valence-corrected chi connectivity index (χ4v) is 2.20. The van der Waals surface area contributed by atoms with Gasteiger partial charge >= 0.3 is 5.69 Å². The van der Waals surface area contributed by atoms with Crippen LogP contribution in [-0.2, 0) is 0 Å². The maximum absolute atomic E-state index is 13.5. The Morgan fingerprint density at radius 3 is 2.78 bits per heavy atom. The van der Waals surface area contributed by atoms with Gasteiger partial charge in [-0.2, -0.15) is 4.39 Å². The van der Waals surface area contributed by atoms with Crippen LogP contribution in [0.4, 0.5) is 20.2 Å². The van der Waals surface area contributed by atoms with Crippen molar-refractivity contribution >= 4 is 11.4 Å². The molecule has 0 bridgehead atoms. The molecule has 0 saturated carbocycles. The van der Waals surface area contributed by atoms with Crippen molar-refractivity contribution < 1.29 is 13.7 Å². The van der Waals surface area contributed by atoms with Gasteiger partial charge in [-0.3, -0.25) is 10.1 Å². The zero-order chi connectivity index (χ0) is 13.3. The predicted octanol–water partition coefficient (Wildman–Crippen LogP) is 1.80. The molecule has 5 nitrogen and oxygen atoms in total. The molecular weight excluding hydrogens is 244 g/mol.